The molecule has 0 N–H and O–H groups in total. The Morgan fingerprint density at radius 1 is 1.18 bits per heavy atom. The van der Waals surface area contributed by atoms with Crippen molar-refractivity contribution in [2.24, 2.45) is 0 Å². The zero-order valence-electron chi connectivity index (χ0n) is 11.5. The molecule has 0 amide bonds. The summed E-state index contributed by atoms with van der Waals surface area (Å²) in [5, 5.41) is 0. The van der Waals surface area contributed by atoms with Gasteiger partial charge in [-0.3, -0.25) is 4.98 Å². The van der Waals surface area contributed by atoms with Crippen LogP contribution in [0, 0.1) is 0 Å². The first-order valence-corrected chi connectivity index (χ1v) is 6.95. The summed E-state index contributed by atoms with van der Waals surface area (Å²) in [6, 6.07) is 6.87. The summed E-state index contributed by atoms with van der Waals surface area (Å²) in [6.07, 6.45) is 6.73. The highest BCUT2D eigenvalue weighted by atomic mass is 15.1. The van der Waals surface area contributed by atoms with Crippen molar-refractivity contribution in [1.82, 2.24) is 9.88 Å². The molecule has 1 aromatic rings. The average molecular weight is 234 g/mol. The van der Waals surface area contributed by atoms with Gasteiger partial charge in [0.2, 0.25) is 0 Å². The van der Waals surface area contributed by atoms with Crippen LogP contribution in [0.4, 0.5) is 0 Å². The molecule has 2 heteroatoms. The molecule has 1 aromatic heterocycles. The molecular formula is C15H26N2. The van der Waals surface area contributed by atoms with E-state index in [-0.39, 0.29) is 0 Å². The van der Waals surface area contributed by atoms with E-state index in [0.29, 0.717) is 6.04 Å². The third-order valence-corrected chi connectivity index (χ3v) is 3.23. The minimum Gasteiger partial charge on any atom is -0.300 e. The minimum absolute atomic E-state index is 0.653. The van der Waals surface area contributed by atoms with E-state index in [1.807, 2.05) is 12.3 Å². The molecule has 0 spiro atoms. The lowest BCUT2D eigenvalue weighted by Crippen LogP contribution is -2.37. The summed E-state index contributed by atoms with van der Waals surface area (Å²) in [5.41, 5.74) is 1.22. The third kappa shape index (κ3) is 4.86. The molecule has 1 heterocycles. The predicted molar refractivity (Wildman–Crippen MR) is 74.2 cm³/mol. The van der Waals surface area contributed by atoms with Gasteiger partial charge >= 0.3 is 0 Å². The van der Waals surface area contributed by atoms with E-state index >= 15 is 0 Å². The Morgan fingerprint density at radius 2 is 2.00 bits per heavy atom. The first kappa shape index (κ1) is 14.2. The van der Waals surface area contributed by atoms with Gasteiger partial charge < -0.3 is 4.90 Å². The second-order valence-electron chi connectivity index (χ2n) is 4.60. The fourth-order valence-corrected chi connectivity index (χ4v) is 2.39. The maximum atomic E-state index is 4.45. The quantitative estimate of drug-likeness (QED) is 0.684. The number of hydrogen-bond acceptors (Lipinski definition) is 2. The highest BCUT2D eigenvalue weighted by Crippen LogP contribution is 2.13. The molecule has 0 radical (unpaired) electrons. The highest BCUT2D eigenvalue weighted by molar-refractivity contribution is 5.05. The van der Waals surface area contributed by atoms with Gasteiger partial charge in [0.1, 0.15) is 0 Å². The normalized spacial score (nSPS) is 12.9. The molecule has 0 saturated carbocycles. The molecule has 0 aliphatic carbocycles. The lowest BCUT2D eigenvalue weighted by atomic mass is 10.0. The van der Waals surface area contributed by atoms with E-state index in [4.69, 9.17) is 0 Å². The summed E-state index contributed by atoms with van der Waals surface area (Å²) in [7, 11) is 0. The molecule has 17 heavy (non-hydrogen) atoms. The zero-order valence-corrected chi connectivity index (χ0v) is 11.5. The van der Waals surface area contributed by atoms with Crippen molar-refractivity contribution in [2.45, 2.75) is 52.5 Å². The van der Waals surface area contributed by atoms with Crippen LogP contribution >= 0.6 is 0 Å². The van der Waals surface area contributed by atoms with Crippen molar-refractivity contribution in [3.63, 3.8) is 0 Å². The molecular weight excluding hydrogens is 208 g/mol. The van der Waals surface area contributed by atoms with Crippen molar-refractivity contribution in [3.05, 3.63) is 30.1 Å². The molecule has 0 aliphatic heterocycles. The highest BCUT2D eigenvalue weighted by Gasteiger charge is 2.16. The smallest absolute Gasteiger partial charge is 0.0419 e. The van der Waals surface area contributed by atoms with E-state index < -0.39 is 0 Å². The third-order valence-electron chi connectivity index (χ3n) is 3.23. The number of aromatic nitrogens is 1. The van der Waals surface area contributed by atoms with Gasteiger partial charge in [-0.15, -0.1) is 0 Å². The van der Waals surface area contributed by atoms with Crippen molar-refractivity contribution in [1.29, 1.82) is 0 Å². The van der Waals surface area contributed by atoms with E-state index in [0.717, 1.165) is 13.0 Å². The van der Waals surface area contributed by atoms with Crippen molar-refractivity contribution >= 4 is 0 Å². The molecule has 96 valence electrons. The van der Waals surface area contributed by atoms with Crippen LogP contribution in [0.2, 0.25) is 0 Å². The molecule has 0 saturated heterocycles. The Kier molecular flexibility index (Phi) is 6.87. The van der Waals surface area contributed by atoms with Gasteiger partial charge in [-0.1, -0.05) is 33.3 Å². The molecule has 0 aliphatic rings. The first-order valence-electron chi connectivity index (χ1n) is 6.95. The van der Waals surface area contributed by atoms with Crippen LogP contribution in [0.15, 0.2) is 24.4 Å². The number of likely N-dealkylation sites (N-methyl/N-ethyl adjacent to an activating group) is 1. The van der Waals surface area contributed by atoms with Crippen LogP contribution in [-0.4, -0.2) is 29.0 Å². The van der Waals surface area contributed by atoms with Crippen molar-refractivity contribution in [2.75, 3.05) is 13.1 Å². The molecule has 0 bridgehead atoms. The number of nitrogens with zero attached hydrogens (tertiary/aromatic N) is 2. The van der Waals surface area contributed by atoms with Gasteiger partial charge in [0, 0.05) is 24.4 Å². The van der Waals surface area contributed by atoms with E-state index in [1.54, 1.807) is 0 Å². The molecule has 1 rings (SSSR count). The number of rotatable bonds is 8. The molecule has 0 aromatic carbocycles. The van der Waals surface area contributed by atoms with Crippen molar-refractivity contribution < 1.29 is 0 Å². The molecule has 1 unspecified atom stereocenters. The molecule has 1 atom stereocenters. The topological polar surface area (TPSA) is 16.1 Å². The number of pyridine rings is 1. The maximum absolute atomic E-state index is 4.45. The largest absolute Gasteiger partial charge is 0.300 e. The molecule has 0 fully saturated rings. The lowest BCUT2D eigenvalue weighted by molar-refractivity contribution is 0.192. The van der Waals surface area contributed by atoms with Gasteiger partial charge in [-0.2, -0.15) is 0 Å². The fraction of sp³-hybridized carbons (Fsp3) is 0.667. The van der Waals surface area contributed by atoms with Gasteiger partial charge in [0.15, 0.2) is 0 Å². The summed E-state index contributed by atoms with van der Waals surface area (Å²) in [4.78, 5) is 7.05. The Balaban J connectivity index is 2.64. The first-order chi connectivity index (χ1) is 8.31. The van der Waals surface area contributed by atoms with Crippen LogP contribution in [0.5, 0.6) is 0 Å². The SMILES string of the molecule is CCCC(Cc1ccccn1)N(CC)CCC. The van der Waals surface area contributed by atoms with E-state index in [9.17, 15) is 0 Å². The van der Waals surface area contributed by atoms with Crippen LogP contribution in [0.3, 0.4) is 0 Å². The van der Waals surface area contributed by atoms with Gasteiger partial charge in [0.05, 0.1) is 0 Å². The maximum Gasteiger partial charge on any atom is 0.0419 e. The fourth-order valence-electron chi connectivity index (χ4n) is 2.39. The van der Waals surface area contributed by atoms with Crippen LogP contribution in [-0.2, 0) is 6.42 Å². The monoisotopic (exact) mass is 234 g/mol. The summed E-state index contributed by atoms with van der Waals surface area (Å²) < 4.78 is 0. The standard InChI is InChI=1S/C15H26N2/c1-4-9-15(17(6-3)12-5-2)13-14-10-7-8-11-16-14/h7-8,10-11,15H,4-6,9,12-13H2,1-3H3. The molecule has 2 nitrogen and oxygen atoms in total. The Bertz CT molecular complexity index is 284. The Hall–Kier alpha value is -0.890. The minimum atomic E-state index is 0.653. The predicted octanol–water partition coefficient (Wildman–Crippen LogP) is 3.52. The van der Waals surface area contributed by atoms with Crippen LogP contribution in [0.25, 0.3) is 0 Å². The summed E-state index contributed by atoms with van der Waals surface area (Å²) in [6.45, 7) is 9.13. The number of hydrogen-bond donors (Lipinski definition) is 0. The van der Waals surface area contributed by atoms with Crippen LogP contribution in [0.1, 0.15) is 45.7 Å². The second-order valence-corrected chi connectivity index (χ2v) is 4.60. The summed E-state index contributed by atoms with van der Waals surface area (Å²) in [5.74, 6) is 0. The Labute approximate surface area is 106 Å². The second kappa shape index (κ2) is 8.24. The van der Waals surface area contributed by atoms with Crippen molar-refractivity contribution in [3.8, 4) is 0 Å². The van der Waals surface area contributed by atoms with Gasteiger partial charge in [-0.25, -0.2) is 0 Å². The van der Waals surface area contributed by atoms with Gasteiger partial charge in [0.25, 0.3) is 0 Å². The zero-order chi connectivity index (χ0) is 12.5. The lowest BCUT2D eigenvalue weighted by Gasteiger charge is -2.30. The summed E-state index contributed by atoms with van der Waals surface area (Å²) >= 11 is 0. The van der Waals surface area contributed by atoms with E-state index in [1.165, 1.54) is 31.5 Å². The Morgan fingerprint density at radius 3 is 2.53 bits per heavy atom. The van der Waals surface area contributed by atoms with Crippen LogP contribution < -0.4 is 0 Å². The average Bonchev–Trinajstić information content (AvgIpc) is 2.37. The van der Waals surface area contributed by atoms with Gasteiger partial charge in [-0.05, 0) is 38.1 Å². The van der Waals surface area contributed by atoms with E-state index in [2.05, 4.69) is 42.8 Å².